The molecule has 0 aliphatic rings. The summed E-state index contributed by atoms with van der Waals surface area (Å²) in [6.07, 6.45) is 1.51. The van der Waals surface area contributed by atoms with Gasteiger partial charge in [0.1, 0.15) is 6.07 Å². The van der Waals surface area contributed by atoms with E-state index in [1.807, 2.05) is 6.92 Å². The van der Waals surface area contributed by atoms with Gasteiger partial charge in [-0.3, -0.25) is 0 Å². The molecule has 0 bridgehead atoms. The Bertz CT molecular complexity index is 581. The quantitative estimate of drug-likeness (QED) is 0.780. The lowest BCUT2D eigenvalue weighted by molar-refractivity contribution is 0.847. The molecule has 5 heteroatoms. The molecule has 0 spiro atoms. The normalized spacial score (nSPS) is 10.1. The predicted octanol–water partition coefficient (Wildman–Crippen LogP) is 3.36. The van der Waals surface area contributed by atoms with Gasteiger partial charge in [0.05, 0.1) is 33.2 Å². The van der Waals surface area contributed by atoms with Gasteiger partial charge in [-0.1, -0.05) is 29.3 Å². The molecular formula is C11H7Cl2N3. The van der Waals surface area contributed by atoms with Crippen molar-refractivity contribution in [2.75, 3.05) is 0 Å². The first-order valence-corrected chi connectivity index (χ1v) is 5.30. The highest BCUT2D eigenvalue weighted by Gasteiger charge is 2.11. The van der Waals surface area contributed by atoms with Crippen LogP contribution in [0.3, 0.4) is 0 Å². The van der Waals surface area contributed by atoms with E-state index in [0.29, 0.717) is 21.3 Å². The Labute approximate surface area is 103 Å². The zero-order valence-corrected chi connectivity index (χ0v) is 9.92. The summed E-state index contributed by atoms with van der Waals surface area (Å²) < 4.78 is 1.60. The smallest absolute Gasteiger partial charge is 0.103 e. The van der Waals surface area contributed by atoms with Gasteiger partial charge in [0.2, 0.25) is 0 Å². The Morgan fingerprint density at radius 1 is 1.38 bits per heavy atom. The summed E-state index contributed by atoms with van der Waals surface area (Å²) in [5, 5.41) is 13.8. The Morgan fingerprint density at radius 3 is 2.75 bits per heavy atom. The Balaban J connectivity index is 2.64. The molecule has 0 aliphatic heterocycles. The van der Waals surface area contributed by atoms with Crippen LogP contribution >= 0.6 is 23.2 Å². The molecule has 80 valence electrons. The van der Waals surface area contributed by atoms with E-state index in [9.17, 15) is 0 Å². The molecule has 0 aliphatic carbocycles. The van der Waals surface area contributed by atoms with Crippen LogP contribution in [-0.4, -0.2) is 9.78 Å². The summed E-state index contributed by atoms with van der Waals surface area (Å²) in [5.74, 6) is 0. The first kappa shape index (κ1) is 11.0. The van der Waals surface area contributed by atoms with Gasteiger partial charge in [0.25, 0.3) is 0 Å². The van der Waals surface area contributed by atoms with E-state index >= 15 is 0 Å². The van der Waals surface area contributed by atoms with Crippen LogP contribution in [0, 0.1) is 18.3 Å². The first-order chi connectivity index (χ1) is 7.65. The lowest BCUT2D eigenvalue weighted by Crippen LogP contribution is -2.00. The molecule has 0 atom stereocenters. The zero-order chi connectivity index (χ0) is 11.7. The van der Waals surface area contributed by atoms with E-state index in [1.54, 1.807) is 22.9 Å². The monoisotopic (exact) mass is 251 g/mol. The molecule has 1 heterocycles. The van der Waals surface area contributed by atoms with E-state index in [4.69, 9.17) is 28.5 Å². The third-order valence-electron chi connectivity index (χ3n) is 2.29. The number of halogens is 2. The maximum Gasteiger partial charge on any atom is 0.103 e. The SMILES string of the molecule is Cc1c(C#N)cnn1-c1cccc(Cl)c1Cl. The topological polar surface area (TPSA) is 41.6 Å². The molecule has 0 saturated carbocycles. The van der Waals surface area contributed by atoms with Crippen molar-refractivity contribution < 1.29 is 0 Å². The molecule has 1 aromatic heterocycles. The Morgan fingerprint density at radius 2 is 2.12 bits per heavy atom. The summed E-state index contributed by atoms with van der Waals surface area (Å²) >= 11 is 12.0. The second kappa shape index (κ2) is 4.17. The van der Waals surface area contributed by atoms with Crippen molar-refractivity contribution in [1.82, 2.24) is 9.78 Å². The van der Waals surface area contributed by atoms with Crippen molar-refractivity contribution in [2.45, 2.75) is 6.92 Å². The van der Waals surface area contributed by atoms with Crippen LogP contribution < -0.4 is 0 Å². The minimum absolute atomic E-state index is 0.430. The van der Waals surface area contributed by atoms with Crippen molar-refractivity contribution >= 4 is 23.2 Å². The van der Waals surface area contributed by atoms with E-state index < -0.39 is 0 Å². The Hall–Kier alpha value is -1.50. The van der Waals surface area contributed by atoms with Crippen LogP contribution in [0.25, 0.3) is 5.69 Å². The van der Waals surface area contributed by atoms with E-state index in [1.165, 1.54) is 6.20 Å². The molecule has 0 unspecified atom stereocenters. The molecule has 16 heavy (non-hydrogen) atoms. The highest BCUT2D eigenvalue weighted by Crippen LogP contribution is 2.29. The maximum atomic E-state index is 8.84. The van der Waals surface area contributed by atoms with Crippen molar-refractivity contribution in [2.24, 2.45) is 0 Å². The number of nitriles is 1. The summed E-state index contributed by atoms with van der Waals surface area (Å²) in [7, 11) is 0. The van der Waals surface area contributed by atoms with Crippen LogP contribution in [-0.2, 0) is 0 Å². The van der Waals surface area contributed by atoms with Crippen molar-refractivity contribution in [3.05, 3.63) is 45.7 Å². The van der Waals surface area contributed by atoms with Crippen LogP contribution in [0.2, 0.25) is 10.0 Å². The number of benzene rings is 1. The van der Waals surface area contributed by atoms with Gasteiger partial charge in [-0.2, -0.15) is 10.4 Å². The molecule has 0 fully saturated rings. The van der Waals surface area contributed by atoms with Crippen LogP contribution in [0.4, 0.5) is 0 Å². The molecular weight excluding hydrogens is 245 g/mol. The van der Waals surface area contributed by atoms with E-state index in [-0.39, 0.29) is 0 Å². The highest BCUT2D eigenvalue weighted by atomic mass is 35.5. The fourth-order valence-corrected chi connectivity index (χ4v) is 1.79. The molecule has 3 nitrogen and oxygen atoms in total. The minimum Gasteiger partial charge on any atom is -0.235 e. The zero-order valence-electron chi connectivity index (χ0n) is 8.41. The summed E-state index contributed by atoms with van der Waals surface area (Å²) in [5.41, 5.74) is 1.94. The van der Waals surface area contributed by atoms with Gasteiger partial charge >= 0.3 is 0 Å². The maximum absolute atomic E-state index is 8.84. The third-order valence-corrected chi connectivity index (χ3v) is 3.10. The van der Waals surface area contributed by atoms with Crippen LogP contribution in [0.5, 0.6) is 0 Å². The van der Waals surface area contributed by atoms with Crippen molar-refractivity contribution in [3.8, 4) is 11.8 Å². The van der Waals surface area contributed by atoms with E-state index in [2.05, 4.69) is 11.2 Å². The average molecular weight is 252 g/mol. The standard InChI is InChI=1S/C11H7Cl2N3/c1-7-8(5-14)6-15-16(7)10-4-2-3-9(12)11(10)13/h2-4,6H,1H3. The fourth-order valence-electron chi connectivity index (χ4n) is 1.42. The van der Waals surface area contributed by atoms with Crippen LogP contribution in [0.15, 0.2) is 24.4 Å². The van der Waals surface area contributed by atoms with Gasteiger partial charge in [-0.25, -0.2) is 4.68 Å². The highest BCUT2D eigenvalue weighted by molar-refractivity contribution is 6.43. The average Bonchev–Trinajstić information content (AvgIpc) is 2.64. The summed E-state index contributed by atoms with van der Waals surface area (Å²) in [6.45, 7) is 1.81. The van der Waals surface area contributed by atoms with Gasteiger partial charge in [0, 0.05) is 0 Å². The fraction of sp³-hybridized carbons (Fsp3) is 0.0909. The van der Waals surface area contributed by atoms with Crippen LogP contribution in [0.1, 0.15) is 11.3 Å². The van der Waals surface area contributed by atoms with Gasteiger partial charge in [-0.15, -0.1) is 0 Å². The molecule has 0 amide bonds. The van der Waals surface area contributed by atoms with Gasteiger partial charge in [0.15, 0.2) is 0 Å². The molecule has 0 N–H and O–H groups in total. The number of hydrogen-bond acceptors (Lipinski definition) is 2. The van der Waals surface area contributed by atoms with E-state index in [0.717, 1.165) is 5.69 Å². The lowest BCUT2D eigenvalue weighted by atomic mass is 10.2. The number of nitrogens with zero attached hydrogens (tertiary/aromatic N) is 3. The van der Waals surface area contributed by atoms with Gasteiger partial charge < -0.3 is 0 Å². The lowest BCUT2D eigenvalue weighted by Gasteiger charge is -2.07. The number of rotatable bonds is 1. The number of hydrogen-bond donors (Lipinski definition) is 0. The minimum atomic E-state index is 0.430. The molecule has 0 radical (unpaired) electrons. The summed E-state index contributed by atoms with van der Waals surface area (Å²) in [4.78, 5) is 0. The third kappa shape index (κ3) is 1.67. The number of aromatic nitrogens is 2. The van der Waals surface area contributed by atoms with Crippen molar-refractivity contribution in [1.29, 1.82) is 5.26 Å². The Kier molecular flexibility index (Phi) is 2.86. The molecule has 2 aromatic rings. The van der Waals surface area contributed by atoms with Gasteiger partial charge in [-0.05, 0) is 19.1 Å². The molecule has 2 rings (SSSR count). The predicted molar refractivity (Wildman–Crippen MR) is 63.0 cm³/mol. The second-order valence-electron chi connectivity index (χ2n) is 3.24. The largest absolute Gasteiger partial charge is 0.235 e. The summed E-state index contributed by atoms with van der Waals surface area (Å²) in [6, 6.07) is 7.36. The second-order valence-corrected chi connectivity index (χ2v) is 4.03. The molecule has 0 saturated heterocycles. The first-order valence-electron chi connectivity index (χ1n) is 4.54. The van der Waals surface area contributed by atoms with Crippen molar-refractivity contribution in [3.63, 3.8) is 0 Å². The molecule has 1 aromatic carbocycles.